The van der Waals surface area contributed by atoms with Gasteiger partial charge in [-0.25, -0.2) is 0 Å². The van der Waals surface area contributed by atoms with Crippen molar-refractivity contribution in [2.75, 3.05) is 26.2 Å². The number of rotatable bonds is 2. The molecule has 0 aliphatic carbocycles. The SMILES string of the molecule is CC#CC(N1CCCC1)N1CCCC1.Cl. The smallest absolute Gasteiger partial charge is 0.126 e. The third kappa shape index (κ3) is 3.11. The molecule has 0 spiro atoms. The second-order valence-corrected chi connectivity index (χ2v) is 4.25. The Morgan fingerprint density at radius 1 is 0.867 bits per heavy atom. The maximum atomic E-state index is 3.37. The minimum absolute atomic E-state index is 0. The van der Waals surface area contributed by atoms with Gasteiger partial charge >= 0.3 is 0 Å². The van der Waals surface area contributed by atoms with Crippen LogP contribution in [0.25, 0.3) is 0 Å². The quantitative estimate of drug-likeness (QED) is 0.667. The Hall–Kier alpha value is -0.230. The molecule has 3 heteroatoms. The molecule has 2 heterocycles. The molecule has 0 aromatic heterocycles. The van der Waals surface area contributed by atoms with Crippen LogP contribution in [0.2, 0.25) is 0 Å². The van der Waals surface area contributed by atoms with Gasteiger partial charge in [-0.3, -0.25) is 9.80 Å². The van der Waals surface area contributed by atoms with E-state index in [4.69, 9.17) is 0 Å². The van der Waals surface area contributed by atoms with E-state index in [-0.39, 0.29) is 12.4 Å². The summed E-state index contributed by atoms with van der Waals surface area (Å²) in [7, 11) is 0. The van der Waals surface area contributed by atoms with Gasteiger partial charge in [0.05, 0.1) is 0 Å². The minimum atomic E-state index is 0. The van der Waals surface area contributed by atoms with E-state index in [1.807, 2.05) is 6.92 Å². The van der Waals surface area contributed by atoms with Gasteiger partial charge < -0.3 is 0 Å². The molecule has 0 saturated carbocycles. The number of likely N-dealkylation sites (tertiary alicyclic amines) is 2. The molecule has 0 radical (unpaired) electrons. The molecule has 15 heavy (non-hydrogen) atoms. The Kier molecular flexibility index (Phi) is 5.45. The molecule has 2 saturated heterocycles. The van der Waals surface area contributed by atoms with Gasteiger partial charge in [0.1, 0.15) is 6.17 Å². The van der Waals surface area contributed by atoms with Crippen molar-refractivity contribution in [3.63, 3.8) is 0 Å². The van der Waals surface area contributed by atoms with Crippen molar-refractivity contribution in [3.8, 4) is 11.8 Å². The maximum absolute atomic E-state index is 3.37. The average molecular weight is 229 g/mol. The van der Waals surface area contributed by atoms with Crippen molar-refractivity contribution in [3.05, 3.63) is 0 Å². The maximum Gasteiger partial charge on any atom is 0.126 e. The third-order valence-corrected chi connectivity index (χ3v) is 3.25. The monoisotopic (exact) mass is 228 g/mol. The average Bonchev–Trinajstić information content (AvgIpc) is 2.87. The van der Waals surface area contributed by atoms with Crippen molar-refractivity contribution in [1.29, 1.82) is 0 Å². The van der Waals surface area contributed by atoms with Crippen LogP contribution in [0.15, 0.2) is 0 Å². The summed E-state index contributed by atoms with van der Waals surface area (Å²) >= 11 is 0. The largest absolute Gasteiger partial charge is 0.278 e. The number of halogens is 1. The molecule has 0 bridgehead atoms. The van der Waals surface area contributed by atoms with E-state index in [9.17, 15) is 0 Å². The van der Waals surface area contributed by atoms with Crippen molar-refractivity contribution in [1.82, 2.24) is 9.80 Å². The molecule has 0 aromatic rings. The predicted octanol–water partition coefficient (Wildman–Crippen LogP) is 1.95. The highest BCUT2D eigenvalue weighted by Crippen LogP contribution is 2.18. The van der Waals surface area contributed by atoms with Crippen LogP contribution in [-0.2, 0) is 0 Å². The van der Waals surface area contributed by atoms with Crippen LogP contribution in [0.3, 0.4) is 0 Å². The fourth-order valence-corrected chi connectivity index (χ4v) is 2.51. The van der Waals surface area contributed by atoms with Gasteiger partial charge in [-0.2, -0.15) is 0 Å². The van der Waals surface area contributed by atoms with Gasteiger partial charge in [0.2, 0.25) is 0 Å². The summed E-state index contributed by atoms with van der Waals surface area (Å²) in [4.78, 5) is 5.09. The molecule has 2 fully saturated rings. The third-order valence-electron chi connectivity index (χ3n) is 3.25. The summed E-state index contributed by atoms with van der Waals surface area (Å²) in [6.07, 6.45) is 5.85. The molecular weight excluding hydrogens is 208 g/mol. The number of hydrogen-bond acceptors (Lipinski definition) is 2. The van der Waals surface area contributed by atoms with Crippen LogP contribution < -0.4 is 0 Å². The molecule has 0 amide bonds. The first-order valence-electron chi connectivity index (χ1n) is 5.82. The molecule has 86 valence electrons. The first-order valence-corrected chi connectivity index (χ1v) is 5.82. The summed E-state index contributed by atoms with van der Waals surface area (Å²) in [5.41, 5.74) is 0. The first kappa shape index (κ1) is 12.8. The van der Waals surface area contributed by atoms with Crippen LogP contribution in [0.5, 0.6) is 0 Å². The summed E-state index contributed by atoms with van der Waals surface area (Å²) < 4.78 is 0. The molecule has 2 rings (SSSR count). The van der Waals surface area contributed by atoms with Gasteiger partial charge in [-0.05, 0) is 32.6 Å². The van der Waals surface area contributed by atoms with Crippen LogP contribution in [0, 0.1) is 11.8 Å². The predicted molar refractivity (Wildman–Crippen MR) is 66.1 cm³/mol. The second-order valence-electron chi connectivity index (χ2n) is 4.25. The fourth-order valence-electron chi connectivity index (χ4n) is 2.51. The zero-order chi connectivity index (χ0) is 9.80. The zero-order valence-electron chi connectivity index (χ0n) is 9.54. The molecule has 2 nitrogen and oxygen atoms in total. The molecule has 0 unspecified atom stereocenters. The molecule has 0 atom stereocenters. The Balaban J connectivity index is 0.00000112. The van der Waals surface area contributed by atoms with Crippen molar-refractivity contribution >= 4 is 12.4 Å². The van der Waals surface area contributed by atoms with E-state index in [0.29, 0.717) is 6.17 Å². The summed E-state index contributed by atoms with van der Waals surface area (Å²) in [5, 5.41) is 0. The van der Waals surface area contributed by atoms with Crippen molar-refractivity contribution < 1.29 is 0 Å². The van der Waals surface area contributed by atoms with E-state index in [0.717, 1.165) is 0 Å². The van der Waals surface area contributed by atoms with Crippen LogP contribution in [0.4, 0.5) is 0 Å². The van der Waals surface area contributed by atoms with Crippen molar-refractivity contribution in [2.45, 2.75) is 38.8 Å². The summed E-state index contributed by atoms with van der Waals surface area (Å²) in [5.74, 6) is 6.46. The normalized spacial score (nSPS) is 22.5. The molecule has 2 aliphatic rings. The number of nitrogens with zero attached hydrogens (tertiary/aromatic N) is 2. The van der Waals surface area contributed by atoms with Gasteiger partial charge in [-0.15, -0.1) is 18.3 Å². The lowest BCUT2D eigenvalue weighted by Crippen LogP contribution is -2.44. The van der Waals surface area contributed by atoms with Gasteiger partial charge in [-0.1, -0.05) is 5.92 Å². The van der Waals surface area contributed by atoms with E-state index in [1.165, 1.54) is 51.9 Å². The van der Waals surface area contributed by atoms with Crippen LogP contribution >= 0.6 is 12.4 Å². The molecular formula is C12H21ClN2. The minimum Gasteiger partial charge on any atom is -0.278 e. The van der Waals surface area contributed by atoms with E-state index >= 15 is 0 Å². The van der Waals surface area contributed by atoms with Crippen LogP contribution in [0.1, 0.15) is 32.6 Å². The molecule has 0 aromatic carbocycles. The number of hydrogen-bond donors (Lipinski definition) is 0. The standard InChI is InChI=1S/C12H20N2.ClH/c1-2-7-12(13-8-3-4-9-13)14-10-5-6-11-14;/h12H,3-6,8-11H2,1H3;1H. The first-order chi connectivity index (χ1) is 6.92. The second kappa shape index (κ2) is 6.37. The van der Waals surface area contributed by atoms with Gasteiger partial charge in [0.15, 0.2) is 0 Å². The highest BCUT2D eigenvalue weighted by Gasteiger charge is 2.27. The highest BCUT2D eigenvalue weighted by atomic mass is 35.5. The Morgan fingerprint density at radius 3 is 1.60 bits per heavy atom. The lowest BCUT2D eigenvalue weighted by atomic mass is 10.3. The lowest BCUT2D eigenvalue weighted by Gasteiger charge is -2.30. The van der Waals surface area contributed by atoms with Crippen LogP contribution in [-0.4, -0.2) is 42.1 Å². The van der Waals surface area contributed by atoms with E-state index in [1.54, 1.807) is 0 Å². The molecule has 0 N–H and O–H groups in total. The van der Waals surface area contributed by atoms with E-state index in [2.05, 4.69) is 21.6 Å². The zero-order valence-corrected chi connectivity index (χ0v) is 10.4. The Morgan fingerprint density at radius 2 is 1.27 bits per heavy atom. The fraction of sp³-hybridized carbons (Fsp3) is 0.833. The Labute approximate surface area is 99.4 Å². The summed E-state index contributed by atoms with van der Waals surface area (Å²) in [6, 6.07) is 0. The van der Waals surface area contributed by atoms with Gasteiger partial charge in [0.25, 0.3) is 0 Å². The molecule has 2 aliphatic heterocycles. The van der Waals surface area contributed by atoms with Crippen molar-refractivity contribution in [2.24, 2.45) is 0 Å². The van der Waals surface area contributed by atoms with Gasteiger partial charge in [0, 0.05) is 26.2 Å². The lowest BCUT2D eigenvalue weighted by molar-refractivity contribution is 0.126. The van der Waals surface area contributed by atoms with E-state index < -0.39 is 0 Å². The summed E-state index contributed by atoms with van der Waals surface area (Å²) in [6.45, 7) is 6.94. The Bertz CT molecular complexity index is 216. The highest BCUT2D eigenvalue weighted by molar-refractivity contribution is 5.85. The topological polar surface area (TPSA) is 6.48 Å².